The van der Waals surface area contributed by atoms with Crippen LogP contribution in [-0.2, 0) is 0 Å². The highest BCUT2D eigenvalue weighted by Gasteiger charge is 1.84. The average Bonchev–Trinajstić information content (AvgIpc) is 2.26. The molecule has 0 fully saturated rings. The molecule has 0 radical (unpaired) electrons. The van der Waals surface area contributed by atoms with E-state index in [0.717, 1.165) is 6.42 Å². The molecular formula is C16H28. The number of unbranched alkanes of at least 4 members (excludes halogenated alkanes) is 4. The van der Waals surface area contributed by atoms with Gasteiger partial charge in [0.2, 0.25) is 0 Å². The van der Waals surface area contributed by atoms with Gasteiger partial charge in [-0.1, -0.05) is 55.2 Å². The van der Waals surface area contributed by atoms with Crippen LogP contribution in [0.25, 0.3) is 0 Å². The third-order valence-corrected chi connectivity index (χ3v) is 2.80. The minimum Gasteiger partial charge on any atom is -0.0885 e. The first kappa shape index (κ1) is 15.2. The van der Waals surface area contributed by atoms with E-state index in [9.17, 15) is 0 Å². The van der Waals surface area contributed by atoms with Gasteiger partial charge in [-0.3, -0.25) is 0 Å². The Morgan fingerprint density at radius 2 is 1.44 bits per heavy atom. The summed E-state index contributed by atoms with van der Waals surface area (Å²) in [7, 11) is 0. The molecule has 0 aliphatic heterocycles. The van der Waals surface area contributed by atoms with Crippen LogP contribution in [0.1, 0.15) is 66.2 Å². The van der Waals surface area contributed by atoms with Crippen LogP contribution in [0.5, 0.6) is 0 Å². The highest BCUT2D eigenvalue weighted by Crippen LogP contribution is 2.05. The van der Waals surface area contributed by atoms with Crippen molar-refractivity contribution >= 4 is 0 Å². The SMILES string of the molecule is CCCCCC=CCCC=CC(C)=C(C)C. The maximum Gasteiger partial charge on any atom is -0.0313 e. The summed E-state index contributed by atoms with van der Waals surface area (Å²) < 4.78 is 0. The van der Waals surface area contributed by atoms with Gasteiger partial charge in [0.15, 0.2) is 0 Å². The Morgan fingerprint density at radius 3 is 2.06 bits per heavy atom. The third-order valence-electron chi connectivity index (χ3n) is 2.80. The van der Waals surface area contributed by atoms with Crippen molar-refractivity contribution in [2.45, 2.75) is 66.2 Å². The number of rotatable bonds is 8. The lowest BCUT2D eigenvalue weighted by atomic mass is 10.1. The Labute approximate surface area is 102 Å². The van der Waals surface area contributed by atoms with Crippen molar-refractivity contribution in [1.82, 2.24) is 0 Å². The van der Waals surface area contributed by atoms with Gasteiger partial charge in [0.1, 0.15) is 0 Å². The average molecular weight is 220 g/mol. The maximum absolute atomic E-state index is 2.33. The standard InChI is InChI=1S/C16H28/c1-5-6-7-8-9-10-11-12-13-14-16(4)15(2)3/h9-10,13-14H,5-8,11-12H2,1-4H3. The Morgan fingerprint density at radius 1 is 0.812 bits per heavy atom. The Bertz CT molecular complexity index is 237. The molecule has 0 aromatic carbocycles. The van der Waals surface area contributed by atoms with Crippen LogP contribution in [0.15, 0.2) is 35.5 Å². The fourth-order valence-corrected chi connectivity index (χ4v) is 1.37. The summed E-state index contributed by atoms with van der Waals surface area (Å²) in [5.41, 5.74) is 2.80. The Kier molecular flexibility index (Phi) is 10.2. The molecule has 0 aromatic rings. The molecule has 0 aliphatic rings. The topological polar surface area (TPSA) is 0 Å². The van der Waals surface area contributed by atoms with Crippen LogP contribution in [0, 0.1) is 0 Å². The molecule has 0 spiro atoms. The molecule has 0 rings (SSSR count). The summed E-state index contributed by atoms with van der Waals surface area (Å²) >= 11 is 0. The third kappa shape index (κ3) is 9.76. The van der Waals surface area contributed by atoms with Crippen molar-refractivity contribution in [1.29, 1.82) is 0 Å². The van der Waals surface area contributed by atoms with Gasteiger partial charge in [0.25, 0.3) is 0 Å². The first-order chi connectivity index (χ1) is 7.68. The van der Waals surface area contributed by atoms with E-state index in [0.29, 0.717) is 0 Å². The Balaban J connectivity index is 3.49. The van der Waals surface area contributed by atoms with Gasteiger partial charge in [0.05, 0.1) is 0 Å². The summed E-state index contributed by atoms with van der Waals surface area (Å²) in [6, 6.07) is 0. The zero-order valence-electron chi connectivity index (χ0n) is 11.6. The highest BCUT2D eigenvalue weighted by atomic mass is 13.9. The fraction of sp³-hybridized carbons (Fsp3) is 0.625. The van der Waals surface area contributed by atoms with E-state index in [2.05, 4.69) is 52.0 Å². The van der Waals surface area contributed by atoms with Crippen LogP contribution >= 0.6 is 0 Å². The molecule has 0 heterocycles. The normalized spacial score (nSPS) is 11.5. The quantitative estimate of drug-likeness (QED) is 0.275. The lowest BCUT2D eigenvalue weighted by molar-refractivity contribution is 0.728. The van der Waals surface area contributed by atoms with E-state index in [1.165, 1.54) is 43.3 Å². The summed E-state index contributed by atoms with van der Waals surface area (Å²) in [6.07, 6.45) is 16.8. The maximum atomic E-state index is 2.33. The van der Waals surface area contributed by atoms with Crippen molar-refractivity contribution in [3.05, 3.63) is 35.5 Å². The van der Waals surface area contributed by atoms with Crippen molar-refractivity contribution in [3.63, 3.8) is 0 Å². The zero-order chi connectivity index (χ0) is 12.2. The molecule has 0 bridgehead atoms. The van der Waals surface area contributed by atoms with Gasteiger partial charge >= 0.3 is 0 Å². The van der Waals surface area contributed by atoms with E-state index in [-0.39, 0.29) is 0 Å². The molecule has 0 unspecified atom stereocenters. The summed E-state index contributed by atoms with van der Waals surface area (Å²) in [5, 5.41) is 0. The smallest absolute Gasteiger partial charge is 0.0313 e. The molecule has 0 aliphatic carbocycles. The van der Waals surface area contributed by atoms with Gasteiger partial charge in [0, 0.05) is 0 Å². The van der Waals surface area contributed by atoms with Gasteiger partial charge in [-0.2, -0.15) is 0 Å². The van der Waals surface area contributed by atoms with E-state index in [4.69, 9.17) is 0 Å². The predicted octanol–water partition coefficient (Wildman–Crippen LogP) is 5.82. The van der Waals surface area contributed by atoms with Crippen LogP contribution in [0.3, 0.4) is 0 Å². The fourth-order valence-electron chi connectivity index (χ4n) is 1.37. The van der Waals surface area contributed by atoms with Gasteiger partial charge in [-0.15, -0.1) is 0 Å². The first-order valence-corrected chi connectivity index (χ1v) is 6.64. The first-order valence-electron chi connectivity index (χ1n) is 6.64. The molecule has 0 heteroatoms. The van der Waals surface area contributed by atoms with E-state index < -0.39 is 0 Å². The van der Waals surface area contributed by atoms with Crippen molar-refractivity contribution in [2.24, 2.45) is 0 Å². The number of hydrogen-bond donors (Lipinski definition) is 0. The molecule has 0 aromatic heterocycles. The van der Waals surface area contributed by atoms with E-state index in [1.807, 2.05) is 0 Å². The molecule has 0 saturated heterocycles. The molecule has 0 atom stereocenters. The van der Waals surface area contributed by atoms with Crippen molar-refractivity contribution in [2.75, 3.05) is 0 Å². The number of allylic oxidation sites excluding steroid dienone is 6. The second kappa shape index (κ2) is 10.7. The van der Waals surface area contributed by atoms with Crippen LogP contribution in [0.2, 0.25) is 0 Å². The molecular weight excluding hydrogens is 192 g/mol. The van der Waals surface area contributed by atoms with Gasteiger partial charge in [-0.25, -0.2) is 0 Å². The van der Waals surface area contributed by atoms with Gasteiger partial charge < -0.3 is 0 Å². The molecule has 0 amide bonds. The van der Waals surface area contributed by atoms with Crippen LogP contribution < -0.4 is 0 Å². The van der Waals surface area contributed by atoms with Crippen molar-refractivity contribution < 1.29 is 0 Å². The van der Waals surface area contributed by atoms with E-state index >= 15 is 0 Å². The minimum atomic E-state index is 1.16. The summed E-state index contributed by atoms with van der Waals surface area (Å²) in [6.45, 7) is 8.74. The molecule has 16 heavy (non-hydrogen) atoms. The Hall–Kier alpha value is -0.780. The molecule has 0 nitrogen and oxygen atoms in total. The highest BCUT2D eigenvalue weighted by molar-refractivity contribution is 5.20. The molecule has 92 valence electrons. The van der Waals surface area contributed by atoms with Gasteiger partial charge in [-0.05, 0) is 46.5 Å². The minimum absolute atomic E-state index is 1.16. The largest absolute Gasteiger partial charge is 0.0885 e. The summed E-state index contributed by atoms with van der Waals surface area (Å²) in [5.74, 6) is 0. The lowest BCUT2D eigenvalue weighted by Crippen LogP contribution is -1.74. The van der Waals surface area contributed by atoms with Crippen molar-refractivity contribution in [3.8, 4) is 0 Å². The molecule has 0 saturated carbocycles. The second-order valence-electron chi connectivity index (χ2n) is 4.63. The lowest BCUT2D eigenvalue weighted by Gasteiger charge is -1.95. The van der Waals surface area contributed by atoms with Crippen LogP contribution in [0.4, 0.5) is 0 Å². The van der Waals surface area contributed by atoms with E-state index in [1.54, 1.807) is 0 Å². The molecule has 0 N–H and O–H groups in total. The second-order valence-corrected chi connectivity index (χ2v) is 4.63. The monoisotopic (exact) mass is 220 g/mol. The number of hydrogen-bond acceptors (Lipinski definition) is 0. The van der Waals surface area contributed by atoms with Crippen LogP contribution in [-0.4, -0.2) is 0 Å². The zero-order valence-corrected chi connectivity index (χ0v) is 11.6. The predicted molar refractivity (Wildman–Crippen MR) is 75.7 cm³/mol. The summed E-state index contributed by atoms with van der Waals surface area (Å²) in [4.78, 5) is 0.